The number of likely N-dealkylation sites (tertiary alicyclic amines) is 1. The molecule has 3 nitrogen and oxygen atoms in total. The highest BCUT2D eigenvalue weighted by Gasteiger charge is 2.31. The number of aryl methyl sites for hydroxylation is 1. The summed E-state index contributed by atoms with van der Waals surface area (Å²) in [5.74, 6) is 0.0821. The average Bonchev–Trinajstić information content (AvgIpc) is 2.39. The van der Waals surface area contributed by atoms with Crippen molar-refractivity contribution in [2.45, 2.75) is 26.7 Å². The molecule has 0 aliphatic carbocycles. The molecule has 1 heterocycles. The Kier molecular flexibility index (Phi) is 3.38. The zero-order chi connectivity index (χ0) is 13.2. The number of rotatable bonds is 1. The fourth-order valence-corrected chi connectivity index (χ4v) is 2.28. The Morgan fingerprint density at radius 1 is 1.39 bits per heavy atom. The van der Waals surface area contributed by atoms with Crippen LogP contribution in [0.3, 0.4) is 0 Å². The molecule has 0 aromatic heterocycles. The highest BCUT2D eigenvalue weighted by atomic mass is 16.2. The maximum Gasteiger partial charge on any atom is 0.253 e. The number of amides is 1. The van der Waals surface area contributed by atoms with Crippen LogP contribution in [0.4, 0.5) is 0 Å². The van der Waals surface area contributed by atoms with Crippen LogP contribution in [0.25, 0.3) is 0 Å². The molecule has 0 N–H and O–H groups in total. The lowest BCUT2D eigenvalue weighted by atomic mass is 9.82. The van der Waals surface area contributed by atoms with E-state index in [9.17, 15) is 4.79 Å². The summed E-state index contributed by atoms with van der Waals surface area (Å²) in [6.07, 6.45) is 1.53. The normalized spacial score (nSPS) is 18.2. The van der Waals surface area contributed by atoms with Crippen LogP contribution in [0.2, 0.25) is 0 Å². The molecule has 0 bridgehead atoms. The first-order chi connectivity index (χ1) is 8.54. The van der Waals surface area contributed by atoms with Crippen molar-refractivity contribution in [3.8, 4) is 6.07 Å². The first-order valence-corrected chi connectivity index (χ1v) is 6.31. The highest BCUT2D eigenvalue weighted by molar-refractivity contribution is 5.94. The van der Waals surface area contributed by atoms with Crippen LogP contribution in [-0.4, -0.2) is 23.9 Å². The largest absolute Gasteiger partial charge is 0.339 e. The predicted molar refractivity (Wildman–Crippen MR) is 70.0 cm³/mol. The molecular formula is C15H18N2O. The second-order valence-corrected chi connectivity index (χ2v) is 5.33. The lowest BCUT2D eigenvalue weighted by Gasteiger charge is -2.35. The van der Waals surface area contributed by atoms with Crippen LogP contribution in [0.5, 0.6) is 0 Å². The number of hydrogen-bond acceptors (Lipinski definition) is 2. The molecule has 1 aromatic rings. The fourth-order valence-electron chi connectivity index (χ4n) is 2.28. The molecule has 1 aliphatic heterocycles. The number of carbonyl (C=O) groups is 1. The molecule has 94 valence electrons. The minimum absolute atomic E-state index is 0.0821. The van der Waals surface area contributed by atoms with E-state index in [1.807, 2.05) is 43.0 Å². The zero-order valence-electron chi connectivity index (χ0n) is 10.9. The minimum atomic E-state index is -0.261. The van der Waals surface area contributed by atoms with Crippen LogP contribution in [0.1, 0.15) is 35.7 Å². The van der Waals surface area contributed by atoms with Crippen LogP contribution in [-0.2, 0) is 0 Å². The van der Waals surface area contributed by atoms with E-state index in [4.69, 9.17) is 5.26 Å². The number of carbonyl (C=O) groups excluding carboxylic acids is 1. The number of hydrogen-bond donors (Lipinski definition) is 0. The molecule has 0 spiro atoms. The lowest BCUT2D eigenvalue weighted by molar-refractivity contribution is 0.0661. The summed E-state index contributed by atoms with van der Waals surface area (Å²) in [5.41, 5.74) is 1.58. The van der Waals surface area contributed by atoms with Gasteiger partial charge < -0.3 is 4.90 Å². The Hall–Kier alpha value is -1.82. The summed E-state index contributed by atoms with van der Waals surface area (Å²) >= 11 is 0. The van der Waals surface area contributed by atoms with Gasteiger partial charge in [0.2, 0.25) is 0 Å². The molecule has 0 atom stereocenters. The maximum atomic E-state index is 12.3. The molecule has 1 fully saturated rings. The van der Waals surface area contributed by atoms with Crippen molar-refractivity contribution in [3.63, 3.8) is 0 Å². The summed E-state index contributed by atoms with van der Waals surface area (Å²) < 4.78 is 0. The van der Waals surface area contributed by atoms with Gasteiger partial charge in [-0.15, -0.1) is 0 Å². The van der Waals surface area contributed by atoms with Gasteiger partial charge in [-0.05, 0) is 38.8 Å². The molecule has 0 unspecified atom stereocenters. The van der Waals surface area contributed by atoms with Crippen LogP contribution in [0, 0.1) is 23.7 Å². The number of nitrogens with zero attached hydrogens (tertiary/aromatic N) is 2. The van der Waals surface area contributed by atoms with Gasteiger partial charge in [0.15, 0.2) is 0 Å². The third-order valence-corrected chi connectivity index (χ3v) is 3.69. The van der Waals surface area contributed by atoms with Crippen LogP contribution < -0.4 is 0 Å². The second kappa shape index (κ2) is 4.81. The first kappa shape index (κ1) is 12.6. The Bertz CT molecular complexity index is 493. The fraction of sp³-hybridized carbons (Fsp3) is 0.467. The van der Waals surface area contributed by atoms with Gasteiger partial charge in [0.25, 0.3) is 5.91 Å². The maximum absolute atomic E-state index is 12.3. The molecule has 1 saturated heterocycles. The summed E-state index contributed by atoms with van der Waals surface area (Å²) in [6, 6.07) is 10.0. The molecule has 3 heteroatoms. The minimum Gasteiger partial charge on any atom is -0.339 e. The second-order valence-electron chi connectivity index (χ2n) is 5.33. The third kappa shape index (κ3) is 2.53. The van der Waals surface area contributed by atoms with Gasteiger partial charge in [-0.2, -0.15) is 5.26 Å². The van der Waals surface area contributed by atoms with Gasteiger partial charge in [-0.1, -0.05) is 17.7 Å². The summed E-state index contributed by atoms with van der Waals surface area (Å²) in [7, 11) is 0. The SMILES string of the molecule is Cc1cccc(C(=O)N2CCC(C)(C#N)CC2)c1. The van der Waals surface area contributed by atoms with Crippen molar-refractivity contribution in [1.29, 1.82) is 5.26 Å². The van der Waals surface area contributed by atoms with Crippen LogP contribution >= 0.6 is 0 Å². The summed E-state index contributed by atoms with van der Waals surface area (Å²) in [6.45, 7) is 5.31. The molecule has 0 radical (unpaired) electrons. The topological polar surface area (TPSA) is 44.1 Å². The summed E-state index contributed by atoms with van der Waals surface area (Å²) in [5, 5.41) is 9.08. The van der Waals surface area contributed by atoms with E-state index in [-0.39, 0.29) is 11.3 Å². The van der Waals surface area contributed by atoms with Crippen molar-refractivity contribution in [3.05, 3.63) is 35.4 Å². The van der Waals surface area contributed by atoms with E-state index in [0.29, 0.717) is 13.1 Å². The third-order valence-electron chi connectivity index (χ3n) is 3.69. The lowest BCUT2D eigenvalue weighted by Crippen LogP contribution is -2.41. The van der Waals surface area contributed by atoms with Crippen molar-refractivity contribution in [2.24, 2.45) is 5.41 Å². The Labute approximate surface area is 108 Å². The number of benzene rings is 1. The smallest absolute Gasteiger partial charge is 0.253 e. The van der Waals surface area contributed by atoms with Crippen molar-refractivity contribution < 1.29 is 4.79 Å². The van der Waals surface area contributed by atoms with Crippen molar-refractivity contribution in [2.75, 3.05) is 13.1 Å². The number of piperidine rings is 1. The molecule has 2 rings (SSSR count). The van der Waals surface area contributed by atoms with E-state index in [2.05, 4.69) is 6.07 Å². The van der Waals surface area contributed by atoms with Gasteiger partial charge in [0.1, 0.15) is 0 Å². The first-order valence-electron chi connectivity index (χ1n) is 6.31. The standard InChI is InChI=1S/C15H18N2O/c1-12-4-3-5-13(10-12)14(18)17-8-6-15(2,11-16)7-9-17/h3-5,10H,6-9H2,1-2H3. The predicted octanol–water partition coefficient (Wildman–Crippen LogP) is 2.76. The van der Waals surface area contributed by atoms with Gasteiger partial charge in [-0.3, -0.25) is 4.79 Å². The van der Waals surface area contributed by atoms with E-state index in [0.717, 1.165) is 24.0 Å². The monoisotopic (exact) mass is 242 g/mol. The molecule has 1 amide bonds. The quantitative estimate of drug-likeness (QED) is 0.760. The van der Waals surface area contributed by atoms with E-state index in [1.165, 1.54) is 0 Å². The Morgan fingerprint density at radius 3 is 2.61 bits per heavy atom. The van der Waals surface area contributed by atoms with E-state index in [1.54, 1.807) is 0 Å². The van der Waals surface area contributed by atoms with Gasteiger partial charge in [0, 0.05) is 18.7 Å². The molecule has 0 saturated carbocycles. The number of nitriles is 1. The van der Waals surface area contributed by atoms with Gasteiger partial charge in [-0.25, -0.2) is 0 Å². The zero-order valence-corrected chi connectivity index (χ0v) is 10.9. The van der Waals surface area contributed by atoms with Crippen molar-refractivity contribution >= 4 is 5.91 Å². The van der Waals surface area contributed by atoms with Gasteiger partial charge in [0.05, 0.1) is 11.5 Å². The van der Waals surface area contributed by atoms with Crippen LogP contribution in [0.15, 0.2) is 24.3 Å². The Balaban J connectivity index is 2.07. The molecule has 18 heavy (non-hydrogen) atoms. The highest BCUT2D eigenvalue weighted by Crippen LogP contribution is 2.30. The molecule has 1 aromatic carbocycles. The average molecular weight is 242 g/mol. The molecule has 1 aliphatic rings. The van der Waals surface area contributed by atoms with E-state index >= 15 is 0 Å². The summed E-state index contributed by atoms with van der Waals surface area (Å²) in [4.78, 5) is 14.1. The van der Waals surface area contributed by atoms with Crippen molar-refractivity contribution in [1.82, 2.24) is 4.90 Å². The molecular weight excluding hydrogens is 224 g/mol. The van der Waals surface area contributed by atoms with Gasteiger partial charge >= 0.3 is 0 Å². The Morgan fingerprint density at radius 2 is 2.06 bits per heavy atom. The van der Waals surface area contributed by atoms with E-state index < -0.39 is 0 Å².